The first kappa shape index (κ1) is 22.0. The summed E-state index contributed by atoms with van der Waals surface area (Å²) in [5.41, 5.74) is 0.456. The van der Waals surface area contributed by atoms with Crippen molar-refractivity contribution < 1.29 is 32.2 Å². The number of carbonyl (C=O) groups excluding carboxylic acids is 2. The molecule has 1 fully saturated rings. The van der Waals surface area contributed by atoms with Crippen LogP contribution in [0.5, 0.6) is 17.2 Å². The standard InChI is InChI=1S/C21H20F3NO4S/c1-4-28-17-10-14(6-5-13(17)9-18-19(26)25-20(27)30-18)29-16-8-11(2)15(7-12(16)3)21(22,23)24/h5-8,10,18H,4,9H2,1-3H3,(H,25,26,27). The van der Waals surface area contributed by atoms with Gasteiger partial charge in [-0.15, -0.1) is 0 Å². The molecule has 1 aliphatic heterocycles. The van der Waals surface area contributed by atoms with Gasteiger partial charge < -0.3 is 9.47 Å². The van der Waals surface area contributed by atoms with E-state index < -0.39 is 17.0 Å². The van der Waals surface area contributed by atoms with Crippen LogP contribution in [0.4, 0.5) is 18.0 Å². The van der Waals surface area contributed by atoms with Gasteiger partial charge in [0.25, 0.3) is 5.24 Å². The number of carbonyl (C=O) groups is 2. The van der Waals surface area contributed by atoms with Gasteiger partial charge in [0.1, 0.15) is 17.2 Å². The van der Waals surface area contributed by atoms with E-state index in [0.717, 1.165) is 23.4 Å². The van der Waals surface area contributed by atoms with Gasteiger partial charge in [-0.1, -0.05) is 17.8 Å². The number of rotatable bonds is 6. The minimum absolute atomic E-state index is 0.0682. The van der Waals surface area contributed by atoms with Gasteiger partial charge in [-0.25, -0.2) is 0 Å². The lowest BCUT2D eigenvalue weighted by molar-refractivity contribution is -0.138. The summed E-state index contributed by atoms with van der Waals surface area (Å²) < 4.78 is 50.7. The van der Waals surface area contributed by atoms with Crippen molar-refractivity contribution in [3.8, 4) is 17.2 Å². The van der Waals surface area contributed by atoms with E-state index in [0.29, 0.717) is 35.8 Å². The Kier molecular flexibility index (Phi) is 6.30. The van der Waals surface area contributed by atoms with E-state index in [9.17, 15) is 22.8 Å². The van der Waals surface area contributed by atoms with E-state index in [2.05, 4.69) is 5.32 Å². The molecule has 1 N–H and O–H groups in total. The maximum Gasteiger partial charge on any atom is 0.416 e. The van der Waals surface area contributed by atoms with Gasteiger partial charge in [0.15, 0.2) is 0 Å². The van der Waals surface area contributed by atoms with Gasteiger partial charge in [-0.3, -0.25) is 14.9 Å². The molecule has 160 valence electrons. The molecule has 1 saturated heterocycles. The molecule has 1 heterocycles. The van der Waals surface area contributed by atoms with Crippen LogP contribution in [0.2, 0.25) is 0 Å². The SMILES string of the molecule is CCOc1cc(Oc2cc(C)c(C(F)(F)F)cc2C)ccc1CC1SC(=O)NC1=O. The second-order valence-corrected chi connectivity index (χ2v) is 8.00. The first-order valence-corrected chi connectivity index (χ1v) is 10.1. The number of nitrogens with one attached hydrogen (secondary N) is 1. The maximum atomic E-state index is 13.1. The zero-order chi connectivity index (χ0) is 22.1. The van der Waals surface area contributed by atoms with E-state index in [1.54, 1.807) is 32.0 Å². The summed E-state index contributed by atoms with van der Waals surface area (Å²) >= 11 is 0.931. The van der Waals surface area contributed by atoms with Crippen molar-refractivity contribution in [2.24, 2.45) is 0 Å². The lowest BCUT2D eigenvalue weighted by atomic mass is 10.0. The highest BCUT2D eigenvalue weighted by molar-refractivity contribution is 8.15. The average molecular weight is 439 g/mol. The third kappa shape index (κ3) is 4.89. The number of benzene rings is 2. The Morgan fingerprint density at radius 2 is 1.80 bits per heavy atom. The largest absolute Gasteiger partial charge is 0.493 e. The van der Waals surface area contributed by atoms with E-state index in [4.69, 9.17) is 9.47 Å². The van der Waals surface area contributed by atoms with Crippen LogP contribution < -0.4 is 14.8 Å². The minimum Gasteiger partial charge on any atom is -0.493 e. The van der Waals surface area contributed by atoms with Crippen molar-refractivity contribution in [1.82, 2.24) is 5.32 Å². The van der Waals surface area contributed by atoms with Gasteiger partial charge in [-0.05, 0) is 62.1 Å². The molecule has 0 saturated carbocycles. The molecule has 2 amide bonds. The monoisotopic (exact) mass is 439 g/mol. The highest BCUT2D eigenvalue weighted by Gasteiger charge is 2.33. The van der Waals surface area contributed by atoms with Crippen molar-refractivity contribution >= 4 is 22.9 Å². The van der Waals surface area contributed by atoms with Crippen LogP contribution in [0, 0.1) is 13.8 Å². The van der Waals surface area contributed by atoms with Crippen molar-refractivity contribution in [3.63, 3.8) is 0 Å². The van der Waals surface area contributed by atoms with Crippen molar-refractivity contribution in [2.45, 2.75) is 38.6 Å². The molecule has 0 spiro atoms. The predicted molar refractivity (Wildman–Crippen MR) is 107 cm³/mol. The van der Waals surface area contributed by atoms with E-state index in [-0.39, 0.29) is 16.7 Å². The summed E-state index contributed by atoms with van der Waals surface area (Å²) in [6.45, 7) is 5.11. The highest BCUT2D eigenvalue weighted by Crippen LogP contribution is 2.38. The van der Waals surface area contributed by atoms with Crippen LogP contribution in [0.1, 0.15) is 29.2 Å². The minimum atomic E-state index is -4.43. The van der Waals surface area contributed by atoms with Gasteiger partial charge >= 0.3 is 6.18 Å². The topological polar surface area (TPSA) is 64.6 Å². The van der Waals surface area contributed by atoms with Gasteiger partial charge in [0.05, 0.1) is 17.4 Å². The molecule has 0 radical (unpaired) electrons. The molecule has 1 atom stereocenters. The number of aryl methyl sites for hydroxylation is 2. The first-order valence-electron chi connectivity index (χ1n) is 9.22. The number of amides is 2. The molecule has 2 aromatic carbocycles. The highest BCUT2D eigenvalue weighted by atomic mass is 32.2. The summed E-state index contributed by atoms with van der Waals surface area (Å²) in [5.74, 6) is 0.851. The first-order chi connectivity index (χ1) is 14.1. The smallest absolute Gasteiger partial charge is 0.416 e. The summed E-state index contributed by atoms with van der Waals surface area (Å²) in [4.78, 5) is 23.2. The molecular weight excluding hydrogens is 419 g/mol. The predicted octanol–water partition coefficient (Wildman–Crippen LogP) is 5.41. The molecule has 0 aromatic heterocycles. The molecule has 5 nitrogen and oxygen atoms in total. The van der Waals surface area contributed by atoms with E-state index in [1.807, 2.05) is 0 Å². The zero-order valence-corrected chi connectivity index (χ0v) is 17.4. The van der Waals surface area contributed by atoms with E-state index >= 15 is 0 Å². The number of hydrogen-bond donors (Lipinski definition) is 1. The Labute approximate surface area is 175 Å². The van der Waals surface area contributed by atoms with Crippen LogP contribution in [-0.4, -0.2) is 23.0 Å². The molecule has 0 bridgehead atoms. The zero-order valence-electron chi connectivity index (χ0n) is 16.6. The Bertz CT molecular complexity index is 991. The summed E-state index contributed by atoms with van der Waals surface area (Å²) in [5, 5.41) is 1.33. The number of thioether (sulfide) groups is 1. The third-order valence-corrected chi connectivity index (χ3v) is 5.55. The fourth-order valence-electron chi connectivity index (χ4n) is 3.12. The maximum absolute atomic E-state index is 13.1. The lowest BCUT2D eigenvalue weighted by Gasteiger charge is -2.17. The van der Waals surface area contributed by atoms with Gasteiger partial charge in [-0.2, -0.15) is 13.2 Å². The van der Waals surface area contributed by atoms with E-state index in [1.165, 1.54) is 13.0 Å². The summed E-state index contributed by atoms with van der Waals surface area (Å²) in [6, 6.07) is 7.43. The molecule has 30 heavy (non-hydrogen) atoms. The lowest BCUT2D eigenvalue weighted by Crippen LogP contribution is -2.25. The van der Waals surface area contributed by atoms with Crippen LogP contribution in [0.25, 0.3) is 0 Å². The average Bonchev–Trinajstić information content (AvgIpc) is 2.96. The van der Waals surface area contributed by atoms with Crippen LogP contribution in [0.15, 0.2) is 30.3 Å². The Hall–Kier alpha value is -2.68. The van der Waals surface area contributed by atoms with Crippen molar-refractivity contribution in [1.29, 1.82) is 0 Å². The van der Waals surface area contributed by atoms with Gasteiger partial charge in [0.2, 0.25) is 5.91 Å². The third-order valence-electron chi connectivity index (χ3n) is 4.57. The molecule has 0 aliphatic carbocycles. The van der Waals surface area contributed by atoms with Crippen LogP contribution >= 0.6 is 11.8 Å². The fraction of sp³-hybridized carbons (Fsp3) is 0.333. The normalized spacial score (nSPS) is 16.5. The van der Waals surface area contributed by atoms with Crippen molar-refractivity contribution in [3.05, 3.63) is 52.6 Å². The molecule has 1 aliphatic rings. The quantitative estimate of drug-likeness (QED) is 0.652. The number of halogens is 3. The Balaban J connectivity index is 1.85. The Morgan fingerprint density at radius 1 is 1.07 bits per heavy atom. The van der Waals surface area contributed by atoms with Crippen molar-refractivity contribution in [2.75, 3.05) is 6.61 Å². The number of ether oxygens (including phenoxy) is 2. The second kappa shape index (κ2) is 8.59. The summed E-state index contributed by atoms with van der Waals surface area (Å²) in [7, 11) is 0. The molecular formula is C21H20F3NO4S. The van der Waals surface area contributed by atoms with Crippen LogP contribution in [0.3, 0.4) is 0 Å². The number of imide groups is 1. The Morgan fingerprint density at radius 3 is 2.40 bits per heavy atom. The molecule has 1 unspecified atom stereocenters. The number of alkyl halides is 3. The second-order valence-electron chi connectivity index (χ2n) is 6.82. The van der Waals surface area contributed by atoms with Gasteiger partial charge in [0, 0.05) is 6.07 Å². The molecule has 2 aromatic rings. The summed E-state index contributed by atoms with van der Waals surface area (Å²) in [6.07, 6.45) is -4.13. The molecule has 3 rings (SSSR count). The number of hydrogen-bond acceptors (Lipinski definition) is 5. The molecule has 9 heteroatoms. The van der Waals surface area contributed by atoms with Crippen LogP contribution in [-0.2, 0) is 17.4 Å². The fourth-order valence-corrected chi connectivity index (χ4v) is 3.96.